The van der Waals surface area contributed by atoms with E-state index in [4.69, 9.17) is 22.3 Å². The molecule has 0 saturated carbocycles. The van der Waals surface area contributed by atoms with Gasteiger partial charge in [-0.05, 0) is 31.4 Å². The van der Waals surface area contributed by atoms with Crippen LogP contribution in [0.4, 0.5) is 5.13 Å². The molecule has 1 aromatic carbocycles. The summed E-state index contributed by atoms with van der Waals surface area (Å²) in [5, 5.41) is 1.25. The molecule has 2 N–H and O–H groups in total. The van der Waals surface area contributed by atoms with E-state index in [1.54, 1.807) is 18.6 Å². The number of nitrogens with two attached hydrogens (primary N) is 1. The van der Waals surface area contributed by atoms with Crippen LogP contribution in [0.3, 0.4) is 0 Å². The third-order valence-electron chi connectivity index (χ3n) is 4.15. The third-order valence-corrected chi connectivity index (χ3v) is 5.36. The van der Waals surface area contributed by atoms with Gasteiger partial charge in [-0.3, -0.25) is 4.98 Å². The maximum atomic E-state index is 6.39. The molecular weight excluding hydrogens is 392 g/mol. The zero-order chi connectivity index (χ0) is 19.3. The first kappa shape index (κ1) is 18.5. The fourth-order valence-electron chi connectivity index (χ4n) is 2.84. The van der Waals surface area contributed by atoms with Gasteiger partial charge in [-0.25, -0.2) is 19.9 Å². The largest absolute Gasteiger partial charge is 0.375 e. The minimum absolute atomic E-state index is 0.544. The van der Waals surface area contributed by atoms with Gasteiger partial charge in [-0.15, -0.1) is 11.3 Å². The van der Waals surface area contributed by atoms with Crippen molar-refractivity contribution >= 4 is 28.1 Å². The molecule has 0 aliphatic carbocycles. The molecule has 6 nitrogen and oxygen atoms in total. The molecular formula is C20H17ClN6S. The molecule has 3 heterocycles. The Morgan fingerprint density at radius 1 is 0.964 bits per heavy atom. The number of rotatable bonds is 6. The van der Waals surface area contributed by atoms with E-state index in [2.05, 4.69) is 19.9 Å². The van der Waals surface area contributed by atoms with E-state index >= 15 is 0 Å². The third kappa shape index (κ3) is 4.32. The standard InChI is InChI=1S/C20H17ClN6S/c21-16-7-2-1-6-15(16)17-10-13(4-3-5-14-11-25-20(22)28-14)26-19(27-17)18-12-23-8-9-24-18/h1-2,6-12H,3-5H2,(H2,22,25). The predicted molar refractivity (Wildman–Crippen MR) is 112 cm³/mol. The average molecular weight is 409 g/mol. The highest BCUT2D eigenvalue weighted by Crippen LogP contribution is 2.28. The van der Waals surface area contributed by atoms with Crippen molar-refractivity contribution in [2.45, 2.75) is 19.3 Å². The van der Waals surface area contributed by atoms with Gasteiger partial charge in [-0.2, -0.15) is 0 Å². The van der Waals surface area contributed by atoms with Crippen molar-refractivity contribution in [2.24, 2.45) is 0 Å². The van der Waals surface area contributed by atoms with Gasteiger partial charge in [0.1, 0.15) is 5.69 Å². The van der Waals surface area contributed by atoms with E-state index in [1.165, 1.54) is 16.2 Å². The van der Waals surface area contributed by atoms with Crippen molar-refractivity contribution in [3.05, 3.63) is 70.7 Å². The summed E-state index contributed by atoms with van der Waals surface area (Å²) in [7, 11) is 0. The Morgan fingerprint density at radius 3 is 2.61 bits per heavy atom. The van der Waals surface area contributed by atoms with E-state index < -0.39 is 0 Å². The first-order valence-corrected chi connectivity index (χ1v) is 9.98. The fourth-order valence-corrected chi connectivity index (χ4v) is 3.80. The predicted octanol–water partition coefficient (Wildman–Crippen LogP) is 4.47. The van der Waals surface area contributed by atoms with E-state index in [0.717, 1.165) is 36.2 Å². The molecule has 4 aromatic rings. The Balaban J connectivity index is 1.65. The summed E-state index contributed by atoms with van der Waals surface area (Å²) in [4.78, 5) is 23.1. The van der Waals surface area contributed by atoms with Gasteiger partial charge in [0.25, 0.3) is 0 Å². The van der Waals surface area contributed by atoms with Crippen molar-refractivity contribution in [3.63, 3.8) is 0 Å². The lowest BCUT2D eigenvalue weighted by Crippen LogP contribution is -2.01. The van der Waals surface area contributed by atoms with Gasteiger partial charge in [0, 0.05) is 39.7 Å². The van der Waals surface area contributed by atoms with Gasteiger partial charge in [0.2, 0.25) is 0 Å². The van der Waals surface area contributed by atoms with Crippen LogP contribution in [0, 0.1) is 0 Å². The molecule has 0 unspecified atom stereocenters. The van der Waals surface area contributed by atoms with Crippen LogP contribution < -0.4 is 5.73 Å². The molecule has 0 spiro atoms. The lowest BCUT2D eigenvalue weighted by molar-refractivity contribution is 0.803. The number of thiazole rings is 1. The van der Waals surface area contributed by atoms with Crippen LogP contribution in [0.15, 0.2) is 55.1 Å². The van der Waals surface area contributed by atoms with E-state index in [0.29, 0.717) is 21.7 Å². The molecule has 0 atom stereocenters. The molecule has 3 aromatic heterocycles. The molecule has 0 bridgehead atoms. The Bertz CT molecular complexity index is 1080. The van der Waals surface area contributed by atoms with Crippen LogP contribution in [0.5, 0.6) is 0 Å². The Labute approximate surface area is 171 Å². The van der Waals surface area contributed by atoms with Crippen molar-refractivity contribution in [3.8, 4) is 22.8 Å². The van der Waals surface area contributed by atoms with Gasteiger partial charge in [0.05, 0.1) is 11.9 Å². The number of anilines is 1. The van der Waals surface area contributed by atoms with Gasteiger partial charge in [-0.1, -0.05) is 29.8 Å². The molecule has 28 heavy (non-hydrogen) atoms. The van der Waals surface area contributed by atoms with Crippen molar-refractivity contribution in [2.75, 3.05) is 5.73 Å². The molecule has 0 radical (unpaired) electrons. The highest BCUT2D eigenvalue weighted by Gasteiger charge is 2.12. The molecule has 4 rings (SSSR count). The van der Waals surface area contributed by atoms with Crippen molar-refractivity contribution < 1.29 is 0 Å². The van der Waals surface area contributed by atoms with Crippen LogP contribution in [-0.4, -0.2) is 24.9 Å². The second-order valence-electron chi connectivity index (χ2n) is 6.16. The summed E-state index contributed by atoms with van der Waals surface area (Å²) in [5.41, 5.74) is 8.92. The molecule has 0 amide bonds. The van der Waals surface area contributed by atoms with Gasteiger partial charge >= 0.3 is 0 Å². The van der Waals surface area contributed by atoms with Crippen LogP contribution in [-0.2, 0) is 12.8 Å². The Morgan fingerprint density at radius 2 is 1.86 bits per heavy atom. The smallest absolute Gasteiger partial charge is 0.180 e. The van der Waals surface area contributed by atoms with Gasteiger partial charge < -0.3 is 5.73 Å². The number of hydrogen-bond acceptors (Lipinski definition) is 7. The number of benzene rings is 1. The van der Waals surface area contributed by atoms with Crippen molar-refractivity contribution in [1.82, 2.24) is 24.9 Å². The summed E-state index contributed by atoms with van der Waals surface area (Å²) in [6, 6.07) is 9.64. The number of nitrogens with zero attached hydrogens (tertiary/aromatic N) is 5. The van der Waals surface area contributed by atoms with Crippen LogP contribution in [0.1, 0.15) is 17.0 Å². The van der Waals surface area contributed by atoms with Crippen LogP contribution >= 0.6 is 22.9 Å². The lowest BCUT2D eigenvalue weighted by atomic mass is 10.1. The summed E-state index contributed by atoms with van der Waals surface area (Å²) in [6.07, 6.45) is 9.39. The van der Waals surface area contributed by atoms with Gasteiger partial charge in [0.15, 0.2) is 11.0 Å². The summed E-state index contributed by atoms with van der Waals surface area (Å²) in [6.45, 7) is 0. The van der Waals surface area contributed by atoms with E-state index in [1.807, 2.05) is 36.5 Å². The zero-order valence-corrected chi connectivity index (χ0v) is 16.5. The Hall–Kier alpha value is -2.90. The number of aryl methyl sites for hydroxylation is 2. The average Bonchev–Trinajstić information content (AvgIpc) is 3.14. The SMILES string of the molecule is Nc1ncc(CCCc2cc(-c3ccccc3Cl)nc(-c3cnccn3)n2)s1. The summed E-state index contributed by atoms with van der Waals surface area (Å²) < 4.78 is 0. The summed E-state index contributed by atoms with van der Waals surface area (Å²) in [5.74, 6) is 0.544. The summed E-state index contributed by atoms with van der Waals surface area (Å²) >= 11 is 7.91. The minimum atomic E-state index is 0.544. The maximum Gasteiger partial charge on any atom is 0.180 e. The molecule has 140 valence electrons. The molecule has 8 heteroatoms. The number of hydrogen-bond donors (Lipinski definition) is 1. The first-order valence-electron chi connectivity index (χ1n) is 8.78. The number of halogens is 1. The molecule has 0 aliphatic rings. The second kappa shape index (κ2) is 8.41. The zero-order valence-electron chi connectivity index (χ0n) is 14.9. The highest BCUT2D eigenvalue weighted by molar-refractivity contribution is 7.15. The van der Waals surface area contributed by atoms with Crippen molar-refractivity contribution in [1.29, 1.82) is 0 Å². The fraction of sp³-hybridized carbons (Fsp3) is 0.150. The molecule has 0 fully saturated rings. The molecule has 0 aliphatic heterocycles. The maximum absolute atomic E-state index is 6.39. The number of nitrogen functional groups attached to an aromatic ring is 1. The van der Waals surface area contributed by atoms with E-state index in [-0.39, 0.29) is 0 Å². The van der Waals surface area contributed by atoms with Crippen LogP contribution in [0.25, 0.3) is 22.8 Å². The first-order chi connectivity index (χ1) is 13.7. The Kier molecular flexibility index (Phi) is 5.55. The second-order valence-corrected chi connectivity index (χ2v) is 7.71. The van der Waals surface area contributed by atoms with Crippen LogP contribution in [0.2, 0.25) is 5.02 Å². The normalized spacial score (nSPS) is 10.9. The number of aromatic nitrogens is 5. The molecule has 0 saturated heterocycles. The topological polar surface area (TPSA) is 90.5 Å². The highest BCUT2D eigenvalue weighted by atomic mass is 35.5. The lowest BCUT2D eigenvalue weighted by Gasteiger charge is -2.09. The quantitative estimate of drug-likeness (QED) is 0.506. The van der Waals surface area contributed by atoms with E-state index in [9.17, 15) is 0 Å². The monoisotopic (exact) mass is 408 g/mol. The minimum Gasteiger partial charge on any atom is -0.375 e.